The van der Waals surface area contributed by atoms with E-state index < -0.39 is 0 Å². The molecule has 274 valence electrons. The van der Waals surface area contributed by atoms with Gasteiger partial charge in [-0.3, -0.25) is 0 Å². The maximum atomic E-state index is 2.43. The van der Waals surface area contributed by atoms with Crippen molar-refractivity contribution >= 4 is 49.4 Å². The Bertz CT molecular complexity index is 3180. The molecule has 1 nitrogen and oxygen atoms in total. The quantitative estimate of drug-likeness (QED) is 0.154. The highest BCUT2D eigenvalue weighted by Crippen LogP contribution is 2.52. The smallest absolute Gasteiger partial charge is 0.0468 e. The molecule has 0 unspecified atom stereocenters. The Morgan fingerprint density at radius 3 is 1.60 bits per heavy atom. The van der Waals surface area contributed by atoms with Crippen LogP contribution in [0.25, 0.3) is 76.8 Å². The van der Waals surface area contributed by atoms with Gasteiger partial charge in [-0.2, -0.15) is 0 Å². The van der Waals surface area contributed by atoms with Gasteiger partial charge in [0.05, 0.1) is 0 Å². The SMILES string of the molecule is CC1(C)c2cc(-c3ccc(-c4cc5ccccc5c5ccccc45)cc3)ccc2-c2ccc(N(c3ccccc3)c3ccc4cc(-c5ccccc5)ccc4c3)cc21. The lowest BCUT2D eigenvalue weighted by Crippen LogP contribution is -2.16. The van der Waals surface area contributed by atoms with Crippen molar-refractivity contribution in [1.82, 2.24) is 0 Å². The highest BCUT2D eigenvalue weighted by Gasteiger charge is 2.36. The van der Waals surface area contributed by atoms with Crippen molar-refractivity contribution in [3.05, 3.63) is 223 Å². The zero-order valence-electron chi connectivity index (χ0n) is 32.7. The molecule has 0 N–H and O–H groups in total. The zero-order valence-corrected chi connectivity index (χ0v) is 32.7. The molecular weight excluding hydrogens is 699 g/mol. The molecule has 0 atom stereocenters. The van der Waals surface area contributed by atoms with Gasteiger partial charge in [-0.25, -0.2) is 0 Å². The molecule has 0 radical (unpaired) electrons. The van der Waals surface area contributed by atoms with Gasteiger partial charge in [0, 0.05) is 22.5 Å². The molecule has 0 spiro atoms. The highest BCUT2D eigenvalue weighted by atomic mass is 15.1. The second-order valence-electron chi connectivity index (χ2n) is 16.2. The van der Waals surface area contributed by atoms with Gasteiger partial charge in [-0.15, -0.1) is 0 Å². The molecule has 0 heterocycles. The summed E-state index contributed by atoms with van der Waals surface area (Å²) in [5.41, 5.74) is 16.0. The van der Waals surface area contributed by atoms with Crippen molar-refractivity contribution in [2.45, 2.75) is 19.3 Å². The summed E-state index contributed by atoms with van der Waals surface area (Å²) in [7, 11) is 0. The molecule has 10 aromatic carbocycles. The Kier molecular flexibility index (Phi) is 7.91. The Hall–Kier alpha value is -7.22. The van der Waals surface area contributed by atoms with E-state index in [2.05, 4.69) is 231 Å². The number of anilines is 3. The average Bonchev–Trinajstić information content (AvgIpc) is 3.51. The Morgan fingerprint density at radius 2 is 0.810 bits per heavy atom. The van der Waals surface area contributed by atoms with Crippen LogP contribution in [0.4, 0.5) is 17.1 Å². The summed E-state index contributed by atoms with van der Waals surface area (Å²) in [6.45, 7) is 4.76. The summed E-state index contributed by atoms with van der Waals surface area (Å²) in [4.78, 5) is 2.40. The first-order valence-corrected chi connectivity index (χ1v) is 20.2. The third-order valence-electron chi connectivity index (χ3n) is 12.4. The first-order valence-electron chi connectivity index (χ1n) is 20.2. The maximum absolute atomic E-state index is 2.43. The number of para-hydroxylation sites is 1. The Balaban J connectivity index is 0.940. The monoisotopic (exact) mass is 739 g/mol. The third kappa shape index (κ3) is 5.62. The lowest BCUT2D eigenvalue weighted by Gasteiger charge is -2.28. The van der Waals surface area contributed by atoms with E-state index >= 15 is 0 Å². The van der Waals surface area contributed by atoms with E-state index in [1.165, 1.54) is 88.0 Å². The Morgan fingerprint density at radius 1 is 0.293 bits per heavy atom. The summed E-state index contributed by atoms with van der Waals surface area (Å²) in [5.74, 6) is 0. The zero-order chi connectivity index (χ0) is 38.8. The van der Waals surface area contributed by atoms with Crippen LogP contribution in [0.3, 0.4) is 0 Å². The molecule has 1 aliphatic rings. The fourth-order valence-electron chi connectivity index (χ4n) is 9.39. The molecule has 0 amide bonds. The van der Waals surface area contributed by atoms with Gasteiger partial charge in [0.15, 0.2) is 0 Å². The van der Waals surface area contributed by atoms with E-state index in [-0.39, 0.29) is 5.41 Å². The lowest BCUT2D eigenvalue weighted by atomic mass is 9.81. The molecule has 1 heteroatoms. The maximum Gasteiger partial charge on any atom is 0.0468 e. The molecular formula is C57H41N. The van der Waals surface area contributed by atoms with Gasteiger partial charge in [0.25, 0.3) is 0 Å². The molecule has 10 aromatic rings. The van der Waals surface area contributed by atoms with Crippen LogP contribution in [0.2, 0.25) is 0 Å². The molecule has 0 aliphatic heterocycles. The largest absolute Gasteiger partial charge is 0.310 e. The molecule has 0 fully saturated rings. The predicted molar refractivity (Wildman–Crippen MR) is 248 cm³/mol. The van der Waals surface area contributed by atoms with Gasteiger partial charge >= 0.3 is 0 Å². The minimum Gasteiger partial charge on any atom is -0.310 e. The van der Waals surface area contributed by atoms with Crippen molar-refractivity contribution in [3.63, 3.8) is 0 Å². The molecule has 0 bridgehead atoms. The van der Waals surface area contributed by atoms with Crippen LogP contribution in [0.15, 0.2) is 212 Å². The molecule has 1 aliphatic carbocycles. The number of benzene rings is 10. The molecule has 11 rings (SSSR count). The third-order valence-corrected chi connectivity index (χ3v) is 12.4. The first-order chi connectivity index (χ1) is 28.5. The van der Waals surface area contributed by atoms with Crippen LogP contribution >= 0.6 is 0 Å². The first kappa shape index (κ1) is 34.1. The van der Waals surface area contributed by atoms with Gasteiger partial charge in [-0.05, 0) is 143 Å². The van der Waals surface area contributed by atoms with E-state index in [1.807, 2.05) is 0 Å². The van der Waals surface area contributed by atoms with Crippen molar-refractivity contribution < 1.29 is 0 Å². The fraction of sp³-hybridized carbons (Fsp3) is 0.0526. The number of rotatable bonds is 6. The highest BCUT2D eigenvalue weighted by molar-refractivity contribution is 6.13. The van der Waals surface area contributed by atoms with E-state index in [1.54, 1.807) is 0 Å². The van der Waals surface area contributed by atoms with Crippen LogP contribution < -0.4 is 4.90 Å². The lowest BCUT2D eigenvalue weighted by molar-refractivity contribution is 0.660. The van der Waals surface area contributed by atoms with Crippen molar-refractivity contribution in [3.8, 4) is 44.5 Å². The minimum atomic E-state index is -0.180. The second-order valence-corrected chi connectivity index (χ2v) is 16.2. The fourth-order valence-corrected chi connectivity index (χ4v) is 9.39. The van der Waals surface area contributed by atoms with Crippen LogP contribution in [-0.2, 0) is 5.41 Å². The summed E-state index contributed by atoms with van der Waals surface area (Å²) in [6.07, 6.45) is 0. The number of hydrogen-bond donors (Lipinski definition) is 0. The summed E-state index contributed by atoms with van der Waals surface area (Å²) >= 11 is 0. The predicted octanol–water partition coefficient (Wildman–Crippen LogP) is 15.9. The van der Waals surface area contributed by atoms with Crippen LogP contribution in [0.5, 0.6) is 0 Å². The van der Waals surface area contributed by atoms with Gasteiger partial charge in [0.2, 0.25) is 0 Å². The van der Waals surface area contributed by atoms with E-state index in [4.69, 9.17) is 0 Å². The molecule has 0 saturated carbocycles. The van der Waals surface area contributed by atoms with Gasteiger partial charge in [-0.1, -0.05) is 172 Å². The normalized spacial score (nSPS) is 12.8. The van der Waals surface area contributed by atoms with Gasteiger partial charge < -0.3 is 4.90 Å². The topological polar surface area (TPSA) is 3.24 Å². The number of nitrogens with zero attached hydrogens (tertiary/aromatic N) is 1. The standard InChI is InChI=1S/C57H41N/c1-57(2)55-36-44(39-21-23-40(24-22-39)54-35-45-15-9-10-18-49(45)50-19-11-12-20-51(50)54)28-31-52(55)53-32-30-48(37-56(53)57)58(46-16-7-4-8-17-46)47-29-27-42-33-41(25-26-43(42)34-47)38-13-5-3-6-14-38/h3-37H,1-2H3. The van der Waals surface area contributed by atoms with E-state index in [0.717, 1.165) is 17.1 Å². The van der Waals surface area contributed by atoms with E-state index in [0.29, 0.717) is 0 Å². The molecule has 0 saturated heterocycles. The van der Waals surface area contributed by atoms with Crippen LogP contribution in [0.1, 0.15) is 25.0 Å². The van der Waals surface area contributed by atoms with Crippen molar-refractivity contribution in [2.24, 2.45) is 0 Å². The summed E-state index contributed by atoms with van der Waals surface area (Å²) < 4.78 is 0. The molecule has 0 aromatic heterocycles. The van der Waals surface area contributed by atoms with E-state index in [9.17, 15) is 0 Å². The number of fused-ring (bicyclic) bond motifs is 7. The number of hydrogen-bond acceptors (Lipinski definition) is 1. The van der Waals surface area contributed by atoms with Crippen LogP contribution in [0, 0.1) is 0 Å². The van der Waals surface area contributed by atoms with Gasteiger partial charge in [0.1, 0.15) is 0 Å². The molecule has 58 heavy (non-hydrogen) atoms. The van der Waals surface area contributed by atoms with Crippen molar-refractivity contribution in [1.29, 1.82) is 0 Å². The minimum absolute atomic E-state index is 0.180. The summed E-state index contributed by atoms with van der Waals surface area (Å²) in [5, 5.41) is 7.60. The summed E-state index contributed by atoms with van der Waals surface area (Å²) in [6, 6.07) is 78.1. The van der Waals surface area contributed by atoms with Crippen molar-refractivity contribution in [2.75, 3.05) is 4.90 Å². The Labute approximate surface area is 340 Å². The second kappa shape index (κ2) is 13.5. The van der Waals surface area contributed by atoms with Crippen LogP contribution in [-0.4, -0.2) is 0 Å². The average molecular weight is 740 g/mol.